The Labute approximate surface area is 159 Å². The van der Waals surface area contributed by atoms with Crippen molar-refractivity contribution in [1.29, 1.82) is 0 Å². The molecule has 1 aliphatic heterocycles. The zero-order valence-corrected chi connectivity index (χ0v) is 15.5. The molecule has 0 atom stereocenters. The van der Waals surface area contributed by atoms with Gasteiger partial charge in [0.2, 0.25) is 0 Å². The summed E-state index contributed by atoms with van der Waals surface area (Å²) in [5, 5.41) is 2.62. The van der Waals surface area contributed by atoms with E-state index in [0.29, 0.717) is 38.4 Å². The lowest BCUT2D eigenvalue weighted by atomic mass is 10.2. The first-order chi connectivity index (χ1) is 12.8. The van der Waals surface area contributed by atoms with E-state index in [0.717, 1.165) is 29.8 Å². The van der Waals surface area contributed by atoms with Gasteiger partial charge in [-0.15, -0.1) is 0 Å². The van der Waals surface area contributed by atoms with Crippen LogP contribution in [0.15, 0.2) is 12.3 Å². The van der Waals surface area contributed by atoms with E-state index in [1.54, 1.807) is 6.92 Å². The molecule has 0 saturated carbocycles. The summed E-state index contributed by atoms with van der Waals surface area (Å²) in [5.41, 5.74) is -0.301. The summed E-state index contributed by atoms with van der Waals surface area (Å²) in [6.07, 6.45) is -3.31. The molecule has 3 heterocycles. The number of aryl methyl sites for hydroxylation is 1. The third-order valence-electron chi connectivity index (χ3n) is 4.44. The summed E-state index contributed by atoms with van der Waals surface area (Å²) in [4.78, 5) is 19.1. The van der Waals surface area contributed by atoms with Crippen molar-refractivity contribution in [3.05, 3.63) is 34.2 Å². The van der Waals surface area contributed by atoms with Crippen LogP contribution >= 0.6 is 11.6 Å². The Bertz CT molecular complexity index is 832. The summed E-state index contributed by atoms with van der Waals surface area (Å²) in [6.45, 7) is 5.68. The third-order valence-corrected chi connectivity index (χ3v) is 4.72. The molecular formula is C17H20ClF3N4O2. The highest BCUT2D eigenvalue weighted by Gasteiger charge is 2.33. The number of imidazole rings is 1. The molecule has 0 aromatic carbocycles. The van der Waals surface area contributed by atoms with E-state index in [-0.39, 0.29) is 16.4 Å². The molecule has 0 spiro atoms. The van der Waals surface area contributed by atoms with E-state index in [2.05, 4.69) is 15.2 Å². The van der Waals surface area contributed by atoms with Gasteiger partial charge in [-0.2, -0.15) is 13.2 Å². The summed E-state index contributed by atoms with van der Waals surface area (Å²) in [5.74, 6) is -0.469. The number of carbonyl (C=O) groups excluding carboxylic acids is 1. The van der Waals surface area contributed by atoms with E-state index in [9.17, 15) is 18.0 Å². The molecule has 1 saturated heterocycles. The minimum Gasteiger partial charge on any atom is -0.379 e. The fourth-order valence-electron chi connectivity index (χ4n) is 3.03. The van der Waals surface area contributed by atoms with E-state index in [1.165, 1.54) is 0 Å². The number of amides is 1. The van der Waals surface area contributed by atoms with Crippen LogP contribution in [-0.4, -0.2) is 59.6 Å². The fraction of sp³-hybridized carbons (Fsp3) is 0.529. The van der Waals surface area contributed by atoms with Gasteiger partial charge in [-0.3, -0.25) is 14.1 Å². The highest BCUT2D eigenvalue weighted by molar-refractivity contribution is 6.33. The average molecular weight is 405 g/mol. The standard InChI is InChI=1S/C17H20ClF3N4O2/c1-2-13-14(16(26)22-3-4-24-5-7-27-8-6-24)25-10-11(17(19,20)21)9-12(18)15(25)23-13/h9-10H,2-8H2,1H3,(H,22,26). The van der Waals surface area contributed by atoms with Crippen molar-refractivity contribution >= 4 is 23.2 Å². The number of fused-ring (bicyclic) bond motifs is 1. The monoisotopic (exact) mass is 404 g/mol. The number of nitrogens with one attached hydrogen (secondary N) is 1. The molecule has 0 bridgehead atoms. The first-order valence-electron chi connectivity index (χ1n) is 8.67. The number of rotatable bonds is 5. The lowest BCUT2D eigenvalue weighted by Gasteiger charge is -2.26. The van der Waals surface area contributed by atoms with Gasteiger partial charge in [0.05, 0.1) is 29.5 Å². The van der Waals surface area contributed by atoms with Crippen LogP contribution in [0.1, 0.15) is 28.7 Å². The van der Waals surface area contributed by atoms with Crippen LogP contribution in [-0.2, 0) is 17.3 Å². The molecule has 1 fully saturated rings. The van der Waals surface area contributed by atoms with Gasteiger partial charge in [-0.1, -0.05) is 18.5 Å². The Kier molecular flexibility index (Phi) is 5.92. The van der Waals surface area contributed by atoms with E-state index < -0.39 is 17.6 Å². The smallest absolute Gasteiger partial charge is 0.379 e. The molecule has 0 radical (unpaired) electrons. The summed E-state index contributed by atoms with van der Waals surface area (Å²) in [6, 6.07) is 0.823. The lowest BCUT2D eigenvalue weighted by molar-refractivity contribution is -0.137. The zero-order chi connectivity index (χ0) is 19.6. The molecule has 1 amide bonds. The summed E-state index contributed by atoms with van der Waals surface area (Å²) >= 11 is 5.99. The van der Waals surface area contributed by atoms with Gasteiger partial charge >= 0.3 is 6.18 Å². The van der Waals surface area contributed by atoms with Gasteiger partial charge in [0.1, 0.15) is 5.69 Å². The van der Waals surface area contributed by atoms with Crippen LogP contribution < -0.4 is 5.32 Å². The summed E-state index contributed by atoms with van der Waals surface area (Å²) in [7, 11) is 0. The molecule has 0 aliphatic carbocycles. The Hall–Kier alpha value is -1.84. The Balaban J connectivity index is 1.85. The molecule has 6 nitrogen and oxygen atoms in total. The minimum atomic E-state index is -4.57. The van der Waals surface area contributed by atoms with Crippen LogP contribution in [0.3, 0.4) is 0 Å². The number of nitrogens with zero attached hydrogens (tertiary/aromatic N) is 3. The number of hydrogen-bond acceptors (Lipinski definition) is 4. The van der Waals surface area contributed by atoms with Crippen LogP contribution in [0, 0.1) is 0 Å². The predicted molar refractivity (Wildman–Crippen MR) is 94.2 cm³/mol. The predicted octanol–water partition coefficient (Wildman–Crippen LogP) is 2.63. The van der Waals surface area contributed by atoms with Gasteiger partial charge in [0, 0.05) is 32.4 Å². The maximum absolute atomic E-state index is 13.1. The first kappa shape index (κ1) is 19.9. The van der Waals surface area contributed by atoms with E-state index in [4.69, 9.17) is 16.3 Å². The number of alkyl halides is 3. The van der Waals surface area contributed by atoms with Gasteiger partial charge in [-0.25, -0.2) is 4.98 Å². The van der Waals surface area contributed by atoms with Crippen LogP contribution in [0.5, 0.6) is 0 Å². The highest BCUT2D eigenvalue weighted by Crippen LogP contribution is 2.33. The SMILES string of the molecule is CCc1nc2c(Cl)cc(C(F)(F)F)cn2c1C(=O)NCCN1CCOCC1. The number of pyridine rings is 1. The lowest BCUT2D eigenvalue weighted by Crippen LogP contribution is -2.41. The second kappa shape index (κ2) is 8.04. The number of hydrogen-bond donors (Lipinski definition) is 1. The zero-order valence-electron chi connectivity index (χ0n) is 14.8. The molecule has 148 valence electrons. The van der Waals surface area contributed by atoms with Crippen molar-refractivity contribution in [3.63, 3.8) is 0 Å². The molecule has 1 N–H and O–H groups in total. The minimum absolute atomic E-state index is 0.0856. The van der Waals surface area contributed by atoms with Crippen LogP contribution in [0.4, 0.5) is 13.2 Å². The van der Waals surface area contributed by atoms with Crippen LogP contribution in [0.2, 0.25) is 5.02 Å². The number of morpholine rings is 1. The second-order valence-electron chi connectivity index (χ2n) is 6.24. The average Bonchev–Trinajstić information content (AvgIpc) is 3.01. The number of carbonyl (C=O) groups is 1. The summed E-state index contributed by atoms with van der Waals surface area (Å²) < 4.78 is 45.8. The topological polar surface area (TPSA) is 58.9 Å². The van der Waals surface area contributed by atoms with Crippen molar-refractivity contribution in [3.8, 4) is 0 Å². The molecule has 1 aliphatic rings. The Morgan fingerprint density at radius 1 is 1.37 bits per heavy atom. The van der Waals surface area contributed by atoms with Crippen molar-refractivity contribution < 1.29 is 22.7 Å². The molecule has 3 rings (SSSR count). The van der Waals surface area contributed by atoms with Crippen molar-refractivity contribution in [2.45, 2.75) is 19.5 Å². The third kappa shape index (κ3) is 4.36. The van der Waals surface area contributed by atoms with Crippen molar-refractivity contribution in [2.75, 3.05) is 39.4 Å². The molecule has 10 heteroatoms. The molecule has 27 heavy (non-hydrogen) atoms. The number of halogens is 4. The largest absolute Gasteiger partial charge is 0.417 e. The first-order valence-corrected chi connectivity index (χ1v) is 9.05. The number of aromatic nitrogens is 2. The quantitative estimate of drug-likeness (QED) is 0.832. The van der Waals surface area contributed by atoms with Gasteiger partial charge in [-0.05, 0) is 12.5 Å². The van der Waals surface area contributed by atoms with Crippen molar-refractivity contribution in [1.82, 2.24) is 19.6 Å². The molecule has 2 aromatic rings. The van der Waals surface area contributed by atoms with Crippen molar-refractivity contribution in [2.24, 2.45) is 0 Å². The Morgan fingerprint density at radius 3 is 2.70 bits per heavy atom. The van der Waals surface area contributed by atoms with E-state index >= 15 is 0 Å². The van der Waals surface area contributed by atoms with Gasteiger partial charge in [0.15, 0.2) is 5.65 Å². The molecule has 0 unspecified atom stereocenters. The van der Waals surface area contributed by atoms with E-state index in [1.807, 2.05) is 0 Å². The normalized spacial score (nSPS) is 16.0. The maximum atomic E-state index is 13.1. The Morgan fingerprint density at radius 2 is 2.07 bits per heavy atom. The van der Waals surface area contributed by atoms with Gasteiger partial charge < -0.3 is 10.1 Å². The number of ether oxygens (including phenoxy) is 1. The molecular weight excluding hydrogens is 385 g/mol. The fourth-order valence-corrected chi connectivity index (χ4v) is 3.28. The maximum Gasteiger partial charge on any atom is 0.417 e. The molecule has 2 aromatic heterocycles. The second-order valence-corrected chi connectivity index (χ2v) is 6.65. The highest BCUT2D eigenvalue weighted by atomic mass is 35.5. The van der Waals surface area contributed by atoms with Crippen LogP contribution in [0.25, 0.3) is 5.65 Å². The van der Waals surface area contributed by atoms with Gasteiger partial charge in [0.25, 0.3) is 5.91 Å².